The van der Waals surface area contributed by atoms with Gasteiger partial charge in [0.2, 0.25) is 11.8 Å². The topological polar surface area (TPSA) is 83.0 Å². The first-order valence-electron chi connectivity index (χ1n) is 8.34. The van der Waals surface area contributed by atoms with Crippen LogP contribution in [0, 0.1) is 11.7 Å². The van der Waals surface area contributed by atoms with Crippen LogP contribution in [0.2, 0.25) is 0 Å². The van der Waals surface area contributed by atoms with E-state index in [1.165, 1.54) is 16.2 Å². The minimum atomic E-state index is -0.268. The van der Waals surface area contributed by atoms with Crippen LogP contribution in [0.3, 0.4) is 0 Å². The highest BCUT2D eigenvalue weighted by atomic mass is 79.9. The van der Waals surface area contributed by atoms with Gasteiger partial charge in [-0.05, 0) is 54.4 Å². The van der Waals surface area contributed by atoms with Crippen molar-refractivity contribution in [2.75, 3.05) is 18.9 Å². The number of H-pyrrole nitrogens is 1. The highest BCUT2D eigenvalue weighted by Crippen LogP contribution is 2.23. The van der Waals surface area contributed by atoms with E-state index in [1.54, 1.807) is 11.6 Å². The Morgan fingerprint density at radius 2 is 2.18 bits per heavy atom. The summed E-state index contributed by atoms with van der Waals surface area (Å²) in [5.41, 5.74) is 1.65. The maximum atomic E-state index is 12.6. The largest absolute Gasteiger partial charge is 0.335 e. The van der Waals surface area contributed by atoms with Gasteiger partial charge in [0.05, 0.1) is 11.4 Å². The molecule has 0 atom stereocenters. The number of amides is 2. The molecule has 0 saturated heterocycles. The van der Waals surface area contributed by atoms with Gasteiger partial charge < -0.3 is 10.2 Å². The van der Waals surface area contributed by atoms with Crippen molar-refractivity contribution in [2.45, 2.75) is 13.5 Å². The van der Waals surface area contributed by atoms with E-state index in [0.29, 0.717) is 16.3 Å². The predicted molar refractivity (Wildman–Crippen MR) is 116 cm³/mol. The summed E-state index contributed by atoms with van der Waals surface area (Å²) in [5.74, 6) is 0.102. The average molecular weight is 480 g/mol. The molecule has 0 aliphatic heterocycles. The molecule has 2 amide bonds. The first-order valence-corrected chi connectivity index (χ1v) is 10.4. The molecule has 2 N–H and O–H groups in total. The Bertz CT molecular complexity index is 1060. The van der Waals surface area contributed by atoms with Crippen molar-refractivity contribution < 1.29 is 9.59 Å². The van der Waals surface area contributed by atoms with Crippen LogP contribution in [0.25, 0.3) is 10.7 Å². The van der Waals surface area contributed by atoms with Crippen molar-refractivity contribution >= 4 is 57.0 Å². The van der Waals surface area contributed by atoms with E-state index in [9.17, 15) is 9.59 Å². The number of aromatic amines is 1. The first kappa shape index (κ1) is 20.4. The van der Waals surface area contributed by atoms with Crippen LogP contribution in [0.1, 0.15) is 5.56 Å². The molecule has 28 heavy (non-hydrogen) atoms. The number of nitrogens with zero attached hydrogens (tertiary/aromatic N) is 3. The Morgan fingerprint density at radius 3 is 2.86 bits per heavy atom. The van der Waals surface area contributed by atoms with Crippen LogP contribution >= 0.6 is 39.5 Å². The molecule has 10 heteroatoms. The number of anilines is 1. The Balaban J connectivity index is 1.65. The average Bonchev–Trinajstić information content (AvgIpc) is 3.28. The highest BCUT2D eigenvalue weighted by Gasteiger charge is 2.18. The highest BCUT2D eigenvalue weighted by molar-refractivity contribution is 9.10. The quantitative estimate of drug-likeness (QED) is 0.526. The number of likely N-dealkylation sites (N-methyl/N-ethyl adjacent to an activating group) is 1. The third-order valence-electron chi connectivity index (χ3n) is 4.06. The zero-order valence-corrected chi connectivity index (χ0v) is 18.4. The summed E-state index contributed by atoms with van der Waals surface area (Å²) in [6.07, 6.45) is 0. The van der Waals surface area contributed by atoms with Crippen LogP contribution in [-0.4, -0.2) is 45.1 Å². The Morgan fingerprint density at radius 1 is 1.39 bits per heavy atom. The molecule has 0 aliphatic carbocycles. The number of hydrogen-bond donors (Lipinski definition) is 2. The molecule has 146 valence electrons. The van der Waals surface area contributed by atoms with Crippen molar-refractivity contribution in [3.05, 3.63) is 50.5 Å². The van der Waals surface area contributed by atoms with Crippen molar-refractivity contribution in [2.24, 2.45) is 0 Å². The second-order valence-electron chi connectivity index (χ2n) is 6.17. The summed E-state index contributed by atoms with van der Waals surface area (Å²) < 4.78 is 2.94. The van der Waals surface area contributed by atoms with Gasteiger partial charge in [-0.2, -0.15) is 5.10 Å². The standard InChI is InChI=1S/C18H18BrN5O2S2/c1-11-8-12(19)5-6-13(11)20-15(25)9-23(2)16(26)10-24-17(21-22-18(24)27)14-4-3-7-28-14/h3-8H,9-10H2,1-2H3,(H,20,25)(H,22,27). The van der Waals surface area contributed by atoms with Crippen LogP contribution in [-0.2, 0) is 16.1 Å². The van der Waals surface area contributed by atoms with E-state index >= 15 is 0 Å². The number of nitrogens with one attached hydrogen (secondary N) is 2. The lowest BCUT2D eigenvalue weighted by Gasteiger charge is -2.18. The first-order chi connectivity index (χ1) is 13.3. The molecule has 0 unspecified atom stereocenters. The summed E-state index contributed by atoms with van der Waals surface area (Å²) in [6, 6.07) is 9.40. The van der Waals surface area contributed by atoms with E-state index in [1.807, 2.05) is 42.6 Å². The summed E-state index contributed by atoms with van der Waals surface area (Å²) >= 11 is 10.2. The van der Waals surface area contributed by atoms with Crippen molar-refractivity contribution in [1.82, 2.24) is 19.7 Å². The molecule has 1 aromatic carbocycles. The Labute approximate surface area is 179 Å². The lowest BCUT2D eigenvalue weighted by Crippen LogP contribution is -2.37. The minimum Gasteiger partial charge on any atom is -0.335 e. The second-order valence-corrected chi connectivity index (χ2v) is 8.42. The van der Waals surface area contributed by atoms with Crippen molar-refractivity contribution in [3.63, 3.8) is 0 Å². The molecular formula is C18H18BrN5O2S2. The molecule has 0 bridgehead atoms. The molecule has 3 aromatic rings. The molecule has 3 rings (SSSR count). The Hall–Kier alpha value is -2.30. The monoisotopic (exact) mass is 479 g/mol. The van der Waals surface area contributed by atoms with Gasteiger partial charge in [-0.3, -0.25) is 19.3 Å². The van der Waals surface area contributed by atoms with Gasteiger partial charge in [-0.1, -0.05) is 22.0 Å². The number of rotatable bonds is 6. The maximum Gasteiger partial charge on any atom is 0.243 e. The number of aryl methyl sites for hydroxylation is 1. The van der Waals surface area contributed by atoms with Gasteiger partial charge in [0, 0.05) is 17.2 Å². The fourth-order valence-electron chi connectivity index (χ4n) is 2.57. The smallest absolute Gasteiger partial charge is 0.243 e. The number of benzene rings is 1. The lowest BCUT2D eigenvalue weighted by molar-refractivity contribution is -0.133. The van der Waals surface area contributed by atoms with Crippen LogP contribution < -0.4 is 5.32 Å². The fourth-order valence-corrected chi connectivity index (χ4v) is 3.97. The number of carbonyl (C=O) groups excluding carboxylic acids is 2. The number of carbonyl (C=O) groups is 2. The van der Waals surface area contributed by atoms with Gasteiger partial charge in [0.25, 0.3) is 0 Å². The molecule has 0 aliphatic rings. The number of aromatic nitrogens is 3. The van der Waals surface area contributed by atoms with Gasteiger partial charge in [-0.15, -0.1) is 11.3 Å². The van der Waals surface area contributed by atoms with E-state index in [2.05, 4.69) is 31.4 Å². The van der Waals surface area contributed by atoms with E-state index < -0.39 is 0 Å². The summed E-state index contributed by atoms with van der Waals surface area (Å²) in [5, 5.41) is 11.7. The third-order valence-corrected chi connectivity index (χ3v) is 5.73. The van der Waals surface area contributed by atoms with Crippen LogP contribution in [0.4, 0.5) is 5.69 Å². The minimum absolute atomic E-state index is 0.00363. The molecule has 0 spiro atoms. The molecule has 7 nitrogen and oxygen atoms in total. The van der Waals surface area contributed by atoms with Crippen molar-refractivity contribution in [3.8, 4) is 10.7 Å². The zero-order chi connectivity index (χ0) is 20.3. The molecule has 2 heterocycles. The molecule has 2 aromatic heterocycles. The Kier molecular flexibility index (Phi) is 6.42. The molecule has 0 saturated carbocycles. The third kappa shape index (κ3) is 4.75. The summed E-state index contributed by atoms with van der Waals surface area (Å²) in [4.78, 5) is 27.2. The van der Waals surface area contributed by atoms with E-state index in [4.69, 9.17) is 12.2 Å². The zero-order valence-electron chi connectivity index (χ0n) is 15.2. The normalized spacial score (nSPS) is 10.7. The van der Waals surface area contributed by atoms with E-state index in [0.717, 1.165) is 14.9 Å². The number of thiophene rings is 1. The summed E-state index contributed by atoms with van der Waals surface area (Å²) in [7, 11) is 1.59. The van der Waals surface area contributed by atoms with Crippen LogP contribution in [0.5, 0.6) is 0 Å². The molecule has 0 fully saturated rings. The van der Waals surface area contributed by atoms with Gasteiger partial charge in [0.15, 0.2) is 10.6 Å². The summed E-state index contributed by atoms with van der Waals surface area (Å²) in [6.45, 7) is 1.85. The van der Waals surface area contributed by atoms with Gasteiger partial charge in [-0.25, -0.2) is 0 Å². The second kappa shape index (κ2) is 8.80. The number of hydrogen-bond acceptors (Lipinski definition) is 5. The predicted octanol–water partition coefficient (Wildman–Crippen LogP) is 3.84. The maximum absolute atomic E-state index is 12.6. The SMILES string of the molecule is Cc1cc(Br)ccc1NC(=O)CN(C)C(=O)Cn1c(-c2cccs2)n[nH]c1=S. The fraction of sp³-hybridized carbons (Fsp3) is 0.222. The molecular weight excluding hydrogens is 462 g/mol. The molecule has 0 radical (unpaired) electrons. The van der Waals surface area contributed by atoms with Gasteiger partial charge in [0.1, 0.15) is 6.54 Å². The van der Waals surface area contributed by atoms with Crippen LogP contribution in [0.15, 0.2) is 40.2 Å². The number of halogens is 1. The van der Waals surface area contributed by atoms with Gasteiger partial charge >= 0.3 is 0 Å². The van der Waals surface area contributed by atoms with E-state index in [-0.39, 0.29) is 24.9 Å². The van der Waals surface area contributed by atoms with Crippen molar-refractivity contribution in [1.29, 1.82) is 0 Å². The lowest BCUT2D eigenvalue weighted by atomic mass is 10.2.